The zero-order chi connectivity index (χ0) is 25.7. The Morgan fingerprint density at radius 3 is 2.65 bits per heavy atom. The normalized spacial score (nSPS) is 19.0. The Morgan fingerprint density at radius 2 is 1.92 bits per heavy atom. The molecule has 1 aliphatic carbocycles. The number of pyridine rings is 1. The number of carbonyl (C=O) groups excluding carboxylic acids is 2. The van der Waals surface area contributed by atoms with Gasteiger partial charge < -0.3 is 10.6 Å². The van der Waals surface area contributed by atoms with Crippen molar-refractivity contribution in [1.82, 2.24) is 34.3 Å². The molecule has 0 aromatic carbocycles. The second-order valence-electron chi connectivity index (χ2n) is 10.1. The molecule has 2 bridgehead atoms. The molecule has 1 saturated heterocycles. The van der Waals surface area contributed by atoms with E-state index in [9.17, 15) is 9.59 Å². The van der Waals surface area contributed by atoms with Crippen LogP contribution in [0, 0.1) is 19.8 Å². The third-order valence-electron chi connectivity index (χ3n) is 7.43. The molecule has 1 saturated carbocycles. The molecule has 0 radical (unpaired) electrons. The molecule has 4 aromatic heterocycles. The van der Waals surface area contributed by atoms with Crippen molar-refractivity contribution in [3.8, 4) is 11.3 Å². The largest absolute Gasteiger partial charge is 0.324 e. The van der Waals surface area contributed by atoms with Crippen molar-refractivity contribution < 1.29 is 9.59 Å². The molecule has 11 nitrogen and oxygen atoms in total. The van der Waals surface area contributed by atoms with Crippen LogP contribution in [0.1, 0.15) is 41.0 Å². The number of piperidine rings is 1. The van der Waals surface area contributed by atoms with Crippen molar-refractivity contribution in [3.05, 3.63) is 54.0 Å². The summed E-state index contributed by atoms with van der Waals surface area (Å²) in [6.07, 6.45) is 12.1. The van der Waals surface area contributed by atoms with Gasteiger partial charge in [0.1, 0.15) is 0 Å². The van der Waals surface area contributed by atoms with Gasteiger partial charge >= 0.3 is 0 Å². The van der Waals surface area contributed by atoms with Crippen molar-refractivity contribution in [3.63, 3.8) is 0 Å². The lowest BCUT2D eigenvalue weighted by molar-refractivity contribution is -0.117. The van der Waals surface area contributed by atoms with Crippen LogP contribution in [0.2, 0.25) is 0 Å². The molecule has 0 unspecified atom stereocenters. The number of amides is 2. The number of aromatic nitrogens is 6. The summed E-state index contributed by atoms with van der Waals surface area (Å²) in [7, 11) is 1.86. The van der Waals surface area contributed by atoms with Crippen LogP contribution in [0.3, 0.4) is 0 Å². The van der Waals surface area contributed by atoms with E-state index < -0.39 is 0 Å². The fourth-order valence-corrected chi connectivity index (χ4v) is 5.57. The van der Waals surface area contributed by atoms with E-state index in [1.165, 1.54) is 25.5 Å². The molecular formula is C26H29N9O2. The number of carbonyl (C=O) groups is 2. The first-order valence-corrected chi connectivity index (χ1v) is 12.5. The summed E-state index contributed by atoms with van der Waals surface area (Å²) < 4.78 is 3.37. The molecular weight excluding hydrogens is 470 g/mol. The van der Waals surface area contributed by atoms with Crippen LogP contribution >= 0.6 is 0 Å². The van der Waals surface area contributed by atoms with Crippen molar-refractivity contribution in [1.29, 1.82) is 0 Å². The maximum Gasteiger partial charge on any atom is 0.259 e. The second kappa shape index (κ2) is 9.07. The molecule has 6 rings (SSSR count). The smallest absolute Gasteiger partial charge is 0.259 e. The Hall–Kier alpha value is -4.12. The van der Waals surface area contributed by atoms with E-state index in [0.29, 0.717) is 40.7 Å². The summed E-state index contributed by atoms with van der Waals surface area (Å²) in [4.78, 5) is 37.0. The van der Waals surface area contributed by atoms with Gasteiger partial charge in [-0.25, -0.2) is 4.52 Å². The monoisotopic (exact) mass is 499 g/mol. The van der Waals surface area contributed by atoms with Crippen LogP contribution in [0.15, 0.2) is 37.1 Å². The van der Waals surface area contributed by atoms with E-state index in [0.717, 1.165) is 29.4 Å². The molecule has 11 heteroatoms. The van der Waals surface area contributed by atoms with Gasteiger partial charge in [-0.05, 0) is 45.1 Å². The average molecular weight is 500 g/mol. The predicted molar refractivity (Wildman–Crippen MR) is 138 cm³/mol. The molecule has 1 aliphatic heterocycles. The molecule has 5 heterocycles. The highest BCUT2D eigenvalue weighted by Crippen LogP contribution is 2.37. The number of anilines is 2. The fourth-order valence-electron chi connectivity index (χ4n) is 5.57. The van der Waals surface area contributed by atoms with Gasteiger partial charge in [0.25, 0.3) is 5.91 Å². The maximum atomic E-state index is 13.2. The van der Waals surface area contributed by atoms with Gasteiger partial charge in [-0.2, -0.15) is 10.2 Å². The minimum Gasteiger partial charge on any atom is -0.324 e. The number of aryl methyl sites for hydroxylation is 3. The van der Waals surface area contributed by atoms with Gasteiger partial charge in [0, 0.05) is 31.4 Å². The van der Waals surface area contributed by atoms with Crippen LogP contribution < -0.4 is 10.6 Å². The van der Waals surface area contributed by atoms with Gasteiger partial charge in [0.05, 0.1) is 70.9 Å². The van der Waals surface area contributed by atoms with Crippen molar-refractivity contribution in [2.24, 2.45) is 13.0 Å². The lowest BCUT2D eigenvalue weighted by Crippen LogP contribution is -2.38. The summed E-state index contributed by atoms with van der Waals surface area (Å²) in [5.74, 6) is 0.342. The van der Waals surface area contributed by atoms with Gasteiger partial charge in [-0.15, -0.1) is 0 Å². The van der Waals surface area contributed by atoms with Crippen molar-refractivity contribution in [2.45, 2.75) is 39.2 Å². The molecule has 4 aromatic rings. The Morgan fingerprint density at radius 1 is 1.05 bits per heavy atom. The minimum absolute atomic E-state index is 0.0659. The summed E-state index contributed by atoms with van der Waals surface area (Å²) in [5, 5.41) is 14.6. The Labute approximate surface area is 213 Å². The number of hydrogen-bond donors (Lipinski definition) is 2. The Balaban J connectivity index is 1.16. The van der Waals surface area contributed by atoms with E-state index in [1.54, 1.807) is 33.9 Å². The van der Waals surface area contributed by atoms with Crippen molar-refractivity contribution in [2.75, 3.05) is 23.7 Å². The second-order valence-corrected chi connectivity index (χ2v) is 10.1. The maximum absolute atomic E-state index is 13.2. The highest BCUT2D eigenvalue weighted by atomic mass is 16.2. The highest BCUT2D eigenvalue weighted by molar-refractivity contribution is 6.09. The lowest BCUT2D eigenvalue weighted by atomic mass is 10.1. The van der Waals surface area contributed by atoms with Gasteiger partial charge in [-0.3, -0.25) is 29.1 Å². The number of likely N-dealkylation sites (tertiary alicyclic amines) is 1. The first-order valence-electron chi connectivity index (χ1n) is 12.5. The summed E-state index contributed by atoms with van der Waals surface area (Å²) in [6.45, 7) is 5.12. The third-order valence-corrected chi connectivity index (χ3v) is 7.43. The van der Waals surface area contributed by atoms with Crippen molar-refractivity contribution >= 4 is 28.7 Å². The predicted octanol–water partition coefficient (Wildman–Crippen LogP) is 2.82. The van der Waals surface area contributed by atoms with Crippen LogP contribution in [-0.2, 0) is 11.8 Å². The summed E-state index contributed by atoms with van der Waals surface area (Å²) in [5.41, 5.74) is 5.18. The van der Waals surface area contributed by atoms with Crippen LogP contribution in [0.4, 0.5) is 11.4 Å². The first kappa shape index (κ1) is 23.3. The zero-order valence-corrected chi connectivity index (χ0v) is 21.1. The molecule has 0 spiro atoms. The number of hydrogen-bond acceptors (Lipinski definition) is 7. The van der Waals surface area contributed by atoms with Gasteiger partial charge in [0.15, 0.2) is 0 Å². The number of nitrogens with zero attached hydrogens (tertiary/aromatic N) is 7. The molecule has 2 aliphatic rings. The molecule has 190 valence electrons. The fraction of sp³-hybridized carbons (Fsp3) is 0.385. The Bertz CT molecular complexity index is 1520. The van der Waals surface area contributed by atoms with E-state index in [2.05, 4.69) is 35.7 Å². The topological polar surface area (TPSA) is 122 Å². The highest BCUT2D eigenvalue weighted by Gasteiger charge is 2.38. The molecule has 2 atom stereocenters. The lowest BCUT2D eigenvalue weighted by Gasteiger charge is -2.25. The summed E-state index contributed by atoms with van der Waals surface area (Å²) >= 11 is 0. The SMILES string of the molecule is Cc1ncc(NC(=O)CN2C[C@H]3CC[C@@H]2C3)cc1NC(=O)c1cnn2cc(-c3cn(C)nc3C)ncc12. The Kier molecular flexibility index (Phi) is 5.71. The first-order chi connectivity index (χ1) is 17.8. The zero-order valence-electron chi connectivity index (χ0n) is 21.1. The third kappa shape index (κ3) is 4.46. The molecule has 37 heavy (non-hydrogen) atoms. The minimum atomic E-state index is -0.330. The molecule has 2 N–H and O–H groups in total. The molecule has 2 amide bonds. The summed E-state index contributed by atoms with van der Waals surface area (Å²) in [6, 6.07) is 2.27. The van der Waals surface area contributed by atoms with E-state index >= 15 is 0 Å². The quantitative estimate of drug-likeness (QED) is 0.418. The average Bonchev–Trinajstić information content (AvgIpc) is 3.64. The van der Waals surface area contributed by atoms with E-state index in [4.69, 9.17) is 0 Å². The van der Waals surface area contributed by atoms with Gasteiger partial charge in [-0.1, -0.05) is 0 Å². The number of rotatable bonds is 6. The van der Waals surface area contributed by atoms with Crippen LogP contribution in [0.5, 0.6) is 0 Å². The van der Waals surface area contributed by atoms with Crippen LogP contribution in [-0.4, -0.2) is 65.2 Å². The van der Waals surface area contributed by atoms with E-state index in [1.807, 2.05) is 27.1 Å². The number of nitrogens with one attached hydrogen (secondary N) is 2. The van der Waals surface area contributed by atoms with Gasteiger partial charge in [0.2, 0.25) is 5.91 Å². The van der Waals surface area contributed by atoms with Crippen LogP contribution in [0.25, 0.3) is 16.8 Å². The number of fused-ring (bicyclic) bond motifs is 3. The standard InChI is InChI=1S/C26H29N9O2/c1-15-21(12-33(3)32-15)23-13-35-24(10-28-23)20(9-29-35)26(37)31-22-7-18(8-27-16(22)2)30-25(36)14-34-11-17-4-5-19(34)6-17/h7-10,12-13,17,19H,4-6,11,14H2,1-3H3,(H,30,36)(H,31,37)/t17-,19+/m0/s1. The van der Waals surface area contributed by atoms with E-state index in [-0.39, 0.29) is 11.8 Å². The molecule has 2 fully saturated rings.